The smallest absolute Gasteiger partial charge is 0.270 e. The molecule has 11 nitrogen and oxygen atoms in total. The molecule has 0 spiro atoms. The number of nitrogens with one attached hydrogen (secondary N) is 1. The van der Waals surface area contributed by atoms with E-state index < -0.39 is 22.6 Å². The maximum absolute atomic E-state index is 12.7. The molecule has 1 aromatic heterocycles. The van der Waals surface area contributed by atoms with E-state index in [1.165, 1.54) is 35.9 Å². The summed E-state index contributed by atoms with van der Waals surface area (Å²) < 4.78 is 1.28. The van der Waals surface area contributed by atoms with E-state index in [9.17, 15) is 19.7 Å². The van der Waals surface area contributed by atoms with Gasteiger partial charge in [0.1, 0.15) is 5.56 Å². The Morgan fingerprint density at radius 3 is 2.62 bits per heavy atom. The van der Waals surface area contributed by atoms with E-state index >= 15 is 0 Å². The Hall–Kier alpha value is -4.28. The largest absolute Gasteiger partial charge is 0.322 e. The molecule has 0 fully saturated rings. The number of hydrogen-bond acceptors (Lipinski definition) is 8. The molecule has 0 aliphatic carbocycles. The van der Waals surface area contributed by atoms with Gasteiger partial charge in [0.2, 0.25) is 6.17 Å². The normalized spacial score (nSPS) is 13.1. The molecule has 0 unspecified atom stereocenters. The van der Waals surface area contributed by atoms with Gasteiger partial charge in [-0.3, -0.25) is 19.7 Å². The van der Waals surface area contributed by atoms with Gasteiger partial charge in [0.25, 0.3) is 17.2 Å². The molecule has 1 N–H and O–H groups in total. The van der Waals surface area contributed by atoms with Crippen molar-refractivity contribution < 1.29 is 9.72 Å². The summed E-state index contributed by atoms with van der Waals surface area (Å²) in [6.45, 7) is 0. The second-order valence-corrected chi connectivity index (χ2v) is 6.29. The number of fused-ring (bicyclic) bond motifs is 1. The van der Waals surface area contributed by atoms with Crippen molar-refractivity contribution >= 4 is 28.2 Å². The van der Waals surface area contributed by atoms with Crippen LogP contribution < -0.4 is 10.9 Å². The van der Waals surface area contributed by atoms with Gasteiger partial charge in [0.15, 0.2) is 0 Å². The summed E-state index contributed by atoms with van der Waals surface area (Å²) in [5.74, 6) is -0.633. The van der Waals surface area contributed by atoms with Crippen molar-refractivity contribution in [3.8, 4) is 0 Å². The zero-order valence-electron chi connectivity index (χ0n) is 15.0. The van der Waals surface area contributed by atoms with Crippen LogP contribution in [0.4, 0.5) is 11.4 Å². The van der Waals surface area contributed by atoms with E-state index in [-0.39, 0.29) is 11.3 Å². The van der Waals surface area contributed by atoms with Gasteiger partial charge in [-0.25, -0.2) is 0 Å². The van der Waals surface area contributed by atoms with Gasteiger partial charge in [0, 0.05) is 35.8 Å². The zero-order valence-corrected chi connectivity index (χ0v) is 15.0. The molecule has 11 heteroatoms. The second kappa shape index (κ2) is 7.03. The van der Waals surface area contributed by atoms with Crippen molar-refractivity contribution in [3.63, 3.8) is 0 Å². The van der Waals surface area contributed by atoms with Crippen molar-refractivity contribution in [2.75, 3.05) is 5.32 Å². The number of aryl methyl sites for hydroxylation is 1. The van der Waals surface area contributed by atoms with Crippen LogP contribution in [0.15, 0.2) is 74.0 Å². The van der Waals surface area contributed by atoms with E-state index in [1.54, 1.807) is 24.3 Å². The summed E-state index contributed by atoms with van der Waals surface area (Å²) in [5, 5.41) is 28.7. The molecule has 1 aliphatic heterocycles. The number of non-ortho nitro benzene ring substituents is 1. The van der Waals surface area contributed by atoms with Gasteiger partial charge in [0.05, 0.1) is 10.4 Å². The number of anilines is 1. The van der Waals surface area contributed by atoms with E-state index in [1.807, 2.05) is 0 Å². The standard InChI is InChI=1S/C18H13N7O4/c1-24-15-6-5-13(25(28)29)8-11(15)9-14(18(24)27)17(26)19-12-4-2-3-10(7-12)16-20-22-23-21-16/h2-9,16H,1H3,(H,19,26). The molecular weight excluding hydrogens is 378 g/mol. The van der Waals surface area contributed by atoms with Gasteiger partial charge in [-0.1, -0.05) is 12.1 Å². The van der Waals surface area contributed by atoms with Crippen LogP contribution in [-0.2, 0) is 7.05 Å². The van der Waals surface area contributed by atoms with Gasteiger partial charge < -0.3 is 9.88 Å². The molecule has 0 atom stereocenters. The molecular formula is C18H13N7O4. The minimum atomic E-state index is -0.633. The topological polar surface area (TPSA) is 144 Å². The number of benzene rings is 2. The SMILES string of the molecule is Cn1c(=O)c(C(=O)Nc2cccc(C3N=NN=N3)c2)cc2cc([N+](=O)[O-])ccc21. The van der Waals surface area contributed by atoms with E-state index in [0.717, 1.165) is 0 Å². The van der Waals surface area contributed by atoms with Crippen LogP contribution in [0.25, 0.3) is 10.9 Å². The highest BCUT2D eigenvalue weighted by Gasteiger charge is 2.18. The number of nitro benzene ring substituents is 1. The molecule has 144 valence electrons. The predicted molar refractivity (Wildman–Crippen MR) is 103 cm³/mol. The molecule has 29 heavy (non-hydrogen) atoms. The second-order valence-electron chi connectivity index (χ2n) is 6.29. The summed E-state index contributed by atoms with van der Waals surface area (Å²) >= 11 is 0. The van der Waals surface area contributed by atoms with E-state index in [4.69, 9.17) is 0 Å². The third-order valence-corrected chi connectivity index (χ3v) is 4.47. The molecule has 4 rings (SSSR count). The Labute approximate surface area is 162 Å². The van der Waals surface area contributed by atoms with Crippen LogP contribution in [0.2, 0.25) is 0 Å². The van der Waals surface area contributed by atoms with Crippen molar-refractivity contribution in [1.29, 1.82) is 0 Å². The fourth-order valence-corrected chi connectivity index (χ4v) is 3.02. The fraction of sp³-hybridized carbons (Fsp3) is 0.111. The number of carbonyl (C=O) groups is 1. The van der Waals surface area contributed by atoms with Crippen molar-refractivity contribution in [1.82, 2.24) is 4.57 Å². The number of carbonyl (C=O) groups excluding carboxylic acids is 1. The summed E-state index contributed by atoms with van der Waals surface area (Å²) in [6, 6.07) is 12.2. The van der Waals surface area contributed by atoms with Crippen molar-refractivity contribution in [2.45, 2.75) is 6.17 Å². The minimum absolute atomic E-state index is 0.130. The summed E-state index contributed by atoms with van der Waals surface area (Å²) in [6.07, 6.45) is -0.569. The lowest BCUT2D eigenvalue weighted by atomic mass is 10.1. The summed E-state index contributed by atoms with van der Waals surface area (Å²) in [7, 11) is 1.50. The number of aromatic nitrogens is 1. The highest BCUT2D eigenvalue weighted by molar-refractivity contribution is 6.06. The molecule has 0 bridgehead atoms. The molecule has 0 saturated heterocycles. The van der Waals surface area contributed by atoms with Crippen molar-refractivity contribution in [2.24, 2.45) is 27.7 Å². The van der Waals surface area contributed by atoms with E-state index in [2.05, 4.69) is 26.0 Å². The number of hydrogen-bond donors (Lipinski definition) is 1. The number of nitrogens with zero attached hydrogens (tertiary/aromatic N) is 6. The molecule has 0 radical (unpaired) electrons. The zero-order chi connectivity index (χ0) is 20.5. The third kappa shape index (κ3) is 3.36. The first-order chi connectivity index (χ1) is 13.9. The molecule has 3 aromatic rings. The van der Waals surface area contributed by atoms with Crippen LogP contribution in [0, 0.1) is 10.1 Å². The Morgan fingerprint density at radius 2 is 1.90 bits per heavy atom. The first kappa shape index (κ1) is 18.1. The first-order valence-electron chi connectivity index (χ1n) is 8.43. The van der Waals surface area contributed by atoms with Gasteiger partial charge in [-0.15, -0.1) is 10.2 Å². The van der Waals surface area contributed by atoms with Crippen LogP contribution in [0.5, 0.6) is 0 Å². The molecule has 2 heterocycles. The van der Waals surface area contributed by atoms with Gasteiger partial charge in [-0.05, 0) is 34.7 Å². The predicted octanol–water partition coefficient (Wildman–Crippen LogP) is 3.53. The first-order valence-corrected chi connectivity index (χ1v) is 8.43. The highest BCUT2D eigenvalue weighted by atomic mass is 16.6. The number of amides is 1. The Morgan fingerprint density at radius 1 is 1.14 bits per heavy atom. The number of pyridine rings is 1. The maximum atomic E-state index is 12.7. The number of rotatable bonds is 4. The molecule has 1 amide bonds. The average molecular weight is 391 g/mol. The Bertz CT molecular complexity index is 1270. The lowest BCUT2D eigenvalue weighted by Gasteiger charge is -2.10. The monoisotopic (exact) mass is 391 g/mol. The average Bonchev–Trinajstić information content (AvgIpc) is 3.25. The van der Waals surface area contributed by atoms with E-state index in [0.29, 0.717) is 22.2 Å². The fourth-order valence-electron chi connectivity index (χ4n) is 3.02. The lowest BCUT2D eigenvalue weighted by Crippen LogP contribution is -2.27. The maximum Gasteiger partial charge on any atom is 0.270 e. The third-order valence-electron chi connectivity index (χ3n) is 4.47. The van der Waals surface area contributed by atoms with Crippen LogP contribution in [0.3, 0.4) is 0 Å². The number of nitro groups is 1. The Kier molecular flexibility index (Phi) is 4.39. The molecule has 0 saturated carbocycles. The van der Waals surface area contributed by atoms with Gasteiger partial charge in [-0.2, -0.15) is 0 Å². The van der Waals surface area contributed by atoms with Gasteiger partial charge >= 0.3 is 0 Å². The molecule has 1 aliphatic rings. The summed E-state index contributed by atoms with van der Waals surface area (Å²) in [4.78, 5) is 35.9. The van der Waals surface area contributed by atoms with Crippen molar-refractivity contribution in [3.05, 3.63) is 80.1 Å². The quantitative estimate of drug-likeness (QED) is 0.536. The lowest BCUT2D eigenvalue weighted by molar-refractivity contribution is -0.384. The van der Waals surface area contributed by atoms with Crippen LogP contribution in [-0.4, -0.2) is 15.4 Å². The van der Waals surface area contributed by atoms with Crippen LogP contribution in [0.1, 0.15) is 22.1 Å². The highest BCUT2D eigenvalue weighted by Crippen LogP contribution is 2.26. The van der Waals surface area contributed by atoms with Crippen LogP contribution >= 0.6 is 0 Å². The Balaban J connectivity index is 1.70. The summed E-state index contributed by atoms with van der Waals surface area (Å²) in [5.41, 5.74) is 0.816. The minimum Gasteiger partial charge on any atom is -0.322 e. The molecule has 2 aromatic carbocycles.